The normalized spacial score (nSPS) is 12.2. The highest BCUT2D eigenvalue weighted by atomic mass is 28.4. The van der Waals surface area contributed by atoms with Gasteiger partial charge < -0.3 is 42.3 Å². The van der Waals surface area contributed by atoms with E-state index in [1.165, 1.54) is 10.4 Å². The van der Waals surface area contributed by atoms with Crippen LogP contribution in [0.5, 0.6) is 0 Å². The molecule has 0 saturated carbocycles. The van der Waals surface area contributed by atoms with Gasteiger partial charge in [0.05, 0.1) is 106 Å². The summed E-state index contributed by atoms with van der Waals surface area (Å²) in [6.45, 7) is 18.4. The first kappa shape index (κ1) is 40.5. The Bertz CT molecular complexity index is 904. The van der Waals surface area contributed by atoms with E-state index >= 15 is 0 Å². The maximum atomic E-state index is 6.84. The Morgan fingerprint density at radius 2 is 0.696 bits per heavy atom. The van der Waals surface area contributed by atoms with E-state index in [4.69, 9.17) is 42.3 Å². The van der Waals surface area contributed by atoms with Crippen molar-refractivity contribution < 1.29 is 42.3 Å². The summed E-state index contributed by atoms with van der Waals surface area (Å²) in [6.07, 6.45) is 2.24. The molecule has 0 fully saturated rings. The lowest BCUT2D eigenvalue weighted by atomic mass is 10.2. The summed E-state index contributed by atoms with van der Waals surface area (Å²) in [4.78, 5) is 0. The van der Waals surface area contributed by atoms with E-state index < -0.39 is 8.32 Å². The van der Waals surface area contributed by atoms with Gasteiger partial charge in [0.15, 0.2) is 0 Å². The minimum Gasteiger partial charge on any atom is -0.405 e. The molecule has 10 heteroatoms. The molecule has 0 aliphatic carbocycles. The van der Waals surface area contributed by atoms with Crippen molar-refractivity contribution in [2.24, 2.45) is 0 Å². The second-order valence-electron chi connectivity index (χ2n) is 11.8. The molecule has 0 aliphatic heterocycles. The van der Waals surface area contributed by atoms with Gasteiger partial charge >= 0.3 is 0 Å². The third kappa shape index (κ3) is 16.9. The molecule has 2 rings (SSSR count). The summed E-state index contributed by atoms with van der Waals surface area (Å²) >= 11 is 0. The summed E-state index contributed by atoms with van der Waals surface area (Å²) < 4.78 is 51.3. The summed E-state index contributed by atoms with van der Waals surface area (Å²) in [5.41, 5.74) is 0. The fourth-order valence-electron chi connectivity index (χ4n) is 4.90. The quantitative estimate of drug-likeness (QED) is 0.0886. The maximum absolute atomic E-state index is 6.84. The molecule has 46 heavy (non-hydrogen) atoms. The standard InChI is InChI=1S/C36H60O9Si/c1-5-6-17-37-18-19-38-20-21-39-22-23-40-24-25-41-26-27-42-28-29-43-30-31-44-32-33-45-46(36(2,3)4,34-13-9-7-10-14-34)35-15-11-8-12-16-35/h7-16H,5-6,17-33H2,1-4H3. The topological polar surface area (TPSA) is 83.1 Å². The third-order valence-electron chi connectivity index (χ3n) is 7.21. The molecule has 0 saturated heterocycles. The molecule has 0 aromatic heterocycles. The van der Waals surface area contributed by atoms with Crippen molar-refractivity contribution in [1.29, 1.82) is 0 Å². The van der Waals surface area contributed by atoms with Crippen molar-refractivity contribution in [3.8, 4) is 0 Å². The number of benzene rings is 2. The minimum absolute atomic E-state index is 0.0489. The Balaban J connectivity index is 1.40. The van der Waals surface area contributed by atoms with Gasteiger partial charge in [-0.1, -0.05) is 94.8 Å². The van der Waals surface area contributed by atoms with Crippen LogP contribution in [-0.2, 0) is 42.3 Å². The summed E-state index contributed by atoms with van der Waals surface area (Å²) in [7, 11) is -2.53. The van der Waals surface area contributed by atoms with E-state index in [0.29, 0.717) is 106 Å². The van der Waals surface area contributed by atoms with Crippen molar-refractivity contribution in [2.45, 2.75) is 45.6 Å². The molecular weight excluding hydrogens is 604 g/mol. The van der Waals surface area contributed by atoms with Gasteiger partial charge in [0, 0.05) is 6.61 Å². The molecule has 2 aromatic carbocycles. The molecule has 0 radical (unpaired) electrons. The van der Waals surface area contributed by atoms with Crippen molar-refractivity contribution in [3.05, 3.63) is 60.7 Å². The number of ether oxygens (including phenoxy) is 8. The first-order valence-electron chi connectivity index (χ1n) is 16.9. The SMILES string of the molecule is CCCCOCCOCCOCCOCCOCCOCCOCCOCCO[Si](c1ccccc1)(c1ccccc1)C(C)(C)C. The van der Waals surface area contributed by atoms with E-state index in [2.05, 4.69) is 88.4 Å². The van der Waals surface area contributed by atoms with Crippen LogP contribution in [0.15, 0.2) is 60.7 Å². The predicted molar refractivity (Wildman–Crippen MR) is 185 cm³/mol. The van der Waals surface area contributed by atoms with Gasteiger partial charge in [-0.05, 0) is 21.8 Å². The molecule has 262 valence electrons. The molecule has 0 unspecified atom stereocenters. The Morgan fingerprint density at radius 3 is 0.978 bits per heavy atom. The van der Waals surface area contributed by atoms with Crippen molar-refractivity contribution in [3.63, 3.8) is 0 Å². The number of rotatable bonds is 30. The van der Waals surface area contributed by atoms with Gasteiger partial charge in [-0.25, -0.2) is 0 Å². The monoisotopic (exact) mass is 664 g/mol. The fourth-order valence-corrected chi connectivity index (χ4v) is 9.45. The van der Waals surface area contributed by atoms with E-state index in [-0.39, 0.29) is 5.04 Å². The van der Waals surface area contributed by atoms with E-state index in [0.717, 1.165) is 19.4 Å². The molecule has 0 spiro atoms. The average Bonchev–Trinajstić information content (AvgIpc) is 3.06. The van der Waals surface area contributed by atoms with Crippen LogP contribution < -0.4 is 10.4 Å². The van der Waals surface area contributed by atoms with Gasteiger partial charge in [0.25, 0.3) is 8.32 Å². The zero-order chi connectivity index (χ0) is 33.0. The molecular formula is C36H60O9Si. The second-order valence-corrected chi connectivity index (χ2v) is 16.1. The fraction of sp³-hybridized carbons (Fsp3) is 0.667. The van der Waals surface area contributed by atoms with Gasteiger partial charge in [-0.2, -0.15) is 0 Å². The van der Waals surface area contributed by atoms with Crippen LogP contribution in [0, 0.1) is 0 Å². The van der Waals surface area contributed by atoms with Crippen LogP contribution in [-0.4, -0.2) is 121 Å². The molecule has 0 aliphatic rings. The zero-order valence-electron chi connectivity index (χ0n) is 28.9. The van der Waals surface area contributed by atoms with E-state index in [1.54, 1.807) is 0 Å². The minimum atomic E-state index is -2.53. The first-order chi connectivity index (χ1) is 22.5. The summed E-state index contributed by atoms with van der Waals surface area (Å²) in [6, 6.07) is 21.3. The van der Waals surface area contributed by atoms with Crippen molar-refractivity contribution >= 4 is 18.7 Å². The molecule has 0 heterocycles. The van der Waals surface area contributed by atoms with Crippen LogP contribution in [0.2, 0.25) is 5.04 Å². The predicted octanol–water partition coefficient (Wildman–Crippen LogP) is 4.50. The highest BCUT2D eigenvalue weighted by Crippen LogP contribution is 2.36. The molecule has 0 bridgehead atoms. The van der Waals surface area contributed by atoms with Crippen molar-refractivity contribution in [1.82, 2.24) is 0 Å². The van der Waals surface area contributed by atoms with Gasteiger partial charge in [0.1, 0.15) is 0 Å². The summed E-state index contributed by atoms with van der Waals surface area (Å²) in [5, 5.41) is 2.50. The van der Waals surface area contributed by atoms with Crippen LogP contribution in [0.4, 0.5) is 0 Å². The van der Waals surface area contributed by atoms with Crippen LogP contribution in [0.3, 0.4) is 0 Å². The third-order valence-corrected chi connectivity index (χ3v) is 12.3. The highest BCUT2D eigenvalue weighted by Gasteiger charge is 2.49. The molecule has 0 atom stereocenters. The lowest BCUT2D eigenvalue weighted by Gasteiger charge is -2.43. The van der Waals surface area contributed by atoms with Gasteiger partial charge in [-0.3, -0.25) is 0 Å². The average molecular weight is 665 g/mol. The van der Waals surface area contributed by atoms with E-state index in [1.807, 2.05) is 0 Å². The van der Waals surface area contributed by atoms with Crippen LogP contribution in [0.25, 0.3) is 0 Å². The lowest BCUT2D eigenvalue weighted by molar-refractivity contribution is -0.0237. The Hall–Kier alpha value is -1.70. The Morgan fingerprint density at radius 1 is 0.413 bits per heavy atom. The van der Waals surface area contributed by atoms with Gasteiger partial charge in [-0.15, -0.1) is 0 Å². The Kier molecular flexibility index (Phi) is 23.1. The number of unbranched alkanes of at least 4 members (excludes halogenated alkanes) is 1. The largest absolute Gasteiger partial charge is 0.405 e. The van der Waals surface area contributed by atoms with Crippen LogP contribution >= 0.6 is 0 Å². The Labute approximate surface area is 279 Å². The number of hydrogen-bond donors (Lipinski definition) is 0. The van der Waals surface area contributed by atoms with Crippen molar-refractivity contribution in [2.75, 3.05) is 112 Å². The molecule has 0 N–H and O–H groups in total. The number of hydrogen-bond acceptors (Lipinski definition) is 9. The van der Waals surface area contributed by atoms with Gasteiger partial charge in [0.2, 0.25) is 0 Å². The molecule has 9 nitrogen and oxygen atoms in total. The zero-order valence-corrected chi connectivity index (χ0v) is 29.9. The first-order valence-corrected chi connectivity index (χ1v) is 18.8. The maximum Gasteiger partial charge on any atom is 0.261 e. The highest BCUT2D eigenvalue weighted by molar-refractivity contribution is 6.99. The lowest BCUT2D eigenvalue weighted by Crippen LogP contribution is -2.66. The van der Waals surface area contributed by atoms with Crippen LogP contribution in [0.1, 0.15) is 40.5 Å². The smallest absolute Gasteiger partial charge is 0.261 e. The molecule has 2 aromatic rings. The summed E-state index contributed by atoms with van der Waals surface area (Å²) in [5.74, 6) is 0. The van der Waals surface area contributed by atoms with E-state index in [9.17, 15) is 0 Å². The molecule has 0 amide bonds. The second kappa shape index (κ2) is 26.3.